The summed E-state index contributed by atoms with van der Waals surface area (Å²) in [6.45, 7) is 13.2. The van der Waals surface area contributed by atoms with Crippen molar-refractivity contribution in [3.05, 3.63) is 18.5 Å². The maximum atomic E-state index is 13.3. The molecule has 2 N–H and O–H groups in total. The third kappa shape index (κ3) is 4.95. The molecule has 2 saturated heterocycles. The minimum atomic E-state index is -0.660. The first-order valence-electron chi connectivity index (χ1n) is 12.2. The molecule has 1 saturated carbocycles. The van der Waals surface area contributed by atoms with Crippen LogP contribution in [0.5, 0.6) is 0 Å². The van der Waals surface area contributed by atoms with Gasteiger partial charge in [-0.25, -0.2) is 14.8 Å². The Labute approximate surface area is 201 Å². The SMILES string of the molecule is CC1C2C(C)N(C(=O)C(NC(=O)NCC(=O)N3CCN(c4ncccn4)CC3)C(C)(C)C)C[C@H]12. The highest BCUT2D eigenvalue weighted by Crippen LogP contribution is 2.55. The molecule has 186 valence electrons. The lowest BCUT2D eigenvalue weighted by atomic mass is 9.85. The molecule has 0 spiro atoms. The van der Waals surface area contributed by atoms with E-state index >= 15 is 0 Å². The predicted molar refractivity (Wildman–Crippen MR) is 128 cm³/mol. The zero-order valence-electron chi connectivity index (χ0n) is 20.8. The van der Waals surface area contributed by atoms with E-state index in [0.717, 1.165) is 6.54 Å². The molecule has 5 atom stereocenters. The Bertz CT molecular complexity index is 911. The number of nitrogens with one attached hydrogen (secondary N) is 2. The number of aromatic nitrogens is 2. The minimum absolute atomic E-state index is 0.0415. The maximum absolute atomic E-state index is 13.3. The Morgan fingerprint density at radius 1 is 1.09 bits per heavy atom. The first kappa shape index (κ1) is 24.2. The Morgan fingerprint density at radius 3 is 2.29 bits per heavy atom. The number of likely N-dealkylation sites (tertiary alicyclic amines) is 1. The van der Waals surface area contributed by atoms with E-state index in [-0.39, 0.29) is 24.4 Å². The number of amides is 4. The van der Waals surface area contributed by atoms with Gasteiger partial charge in [0.2, 0.25) is 17.8 Å². The molecule has 3 aliphatic rings. The normalized spacial score (nSPS) is 27.1. The Hall–Kier alpha value is -2.91. The molecule has 0 bridgehead atoms. The Balaban J connectivity index is 1.25. The molecule has 4 unspecified atom stereocenters. The van der Waals surface area contributed by atoms with Gasteiger partial charge in [-0.1, -0.05) is 27.7 Å². The minimum Gasteiger partial charge on any atom is -0.338 e. The molecule has 3 heterocycles. The van der Waals surface area contributed by atoms with Crippen molar-refractivity contribution in [2.75, 3.05) is 44.2 Å². The molecule has 3 fully saturated rings. The lowest BCUT2D eigenvalue weighted by Crippen LogP contribution is -2.58. The number of anilines is 1. The Morgan fingerprint density at radius 2 is 1.74 bits per heavy atom. The van der Waals surface area contributed by atoms with Crippen LogP contribution in [-0.4, -0.2) is 89.0 Å². The molecule has 4 amide bonds. The monoisotopic (exact) mass is 471 g/mol. The number of fused-ring (bicyclic) bond motifs is 1. The molecule has 1 aliphatic carbocycles. The van der Waals surface area contributed by atoms with Crippen LogP contribution in [0.25, 0.3) is 0 Å². The standard InChI is InChI=1S/C24H37N7O3/c1-15-17-14-31(16(2)19(15)17)21(33)20(24(3,4)5)28-23(34)27-13-18(32)29-9-11-30(12-10-29)22-25-7-6-8-26-22/h6-8,15-17,19-20H,9-14H2,1-5H3,(H2,27,28,34)/t15?,16?,17-,19?,20?/m1/s1. The van der Waals surface area contributed by atoms with Crippen LogP contribution in [0.15, 0.2) is 18.5 Å². The lowest BCUT2D eigenvalue weighted by Gasteiger charge is -2.36. The molecule has 10 heteroatoms. The summed E-state index contributed by atoms with van der Waals surface area (Å²) in [4.78, 5) is 52.8. The summed E-state index contributed by atoms with van der Waals surface area (Å²) in [6, 6.07) is 0.811. The van der Waals surface area contributed by atoms with Crippen molar-refractivity contribution in [2.24, 2.45) is 23.2 Å². The first-order chi connectivity index (χ1) is 16.1. The highest BCUT2D eigenvalue weighted by Gasteiger charge is 2.59. The smallest absolute Gasteiger partial charge is 0.315 e. The maximum Gasteiger partial charge on any atom is 0.315 e. The summed E-state index contributed by atoms with van der Waals surface area (Å²) < 4.78 is 0. The van der Waals surface area contributed by atoms with Crippen LogP contribution in [0.2, 0.25) is 0 Å². The number of nitrogens with zero attached hydrogens (tertiary/aromatic N) is 5. The second kappa shape index (κ2) is 9.38. The quantitative estimate of drug-likeness (QED) is 0.662. The van der Waals surface area contributed by atoms with Gasteiger partial charge in [0.1, 0.15) is 6.04 Å². The molecule has 0 aromatic carbocycles. The fourth-order valence-electron chi connectivity index (χ4n) is 5.43. The van der Waals surface area contributed by atoms with E-state index < -0.39 is 17.5 Å². The summed E-state index contributed by atoms with van der Waals surface area (Å²) >= 11 is 0. The van der Waals surface area contributed by atoms with Crippen LogP contribution in [0, 0.1) is 23.2 Å². The average molecular weight is 472 g/mol. The fraction of sp³-hybridized carbons (Fsp3) is 0.708. The topological polar surface area (TPSA) is 111 Å². The van der Waals surface area contributed by atoms with Gasteiger partial charge in [-0.3, -0.25) is 9.59 Å². The van der Waals surface area contributed by atoms with Crippen LogP contribution in [0.3, 0.4) is 0 Å². The van der Waals surface area contributed by atoms with Gasteiger partial charge in [-0.15, -0.1) is 0 Å². The number of hydrogen-bond donors (Lipinski definition) is 2. The van der Waals surface area contributed by atoms with Crippen molar-refractivity contribution in [1.29, 1.82) is 0 Å². The van der Waals surface area contributed by atoms with Gasteiger partial charge < -0.3 is 25.3 Å². The summed E-state index contributed by atoms with van der Waals surface area (Å²) in [5, 5.41) is 5.50. The van der Waals surface area contributed by atoms with Gasteiger partial charge in [0.05, 0.1) is 6.54 Å². The molecule has 34 heavy (non-hydrogen) atoms. The Kier molecular flexibility index (Phi) is 6.69. The predicted octanol–water partition coefficient (Wildman–Crippen LogP) is 0.952. The van der Waals surface area contributed by atoms with Gasteiger partial charge in [0.15, 0.2) is 0 Å². The summed E-state index contributed by atoms with van der Waals surface area (Å²) in [5.41, 5.74) is -0.452. The van der Waals surface area contributed by atoms with E-state index in [1.807, 2.05) is 30.6 Å². The number of piperazine rings is 1. The van der Waals surface area contributed by atoms with E-state index in [2.05, 4.69) is 34.4 Å². The zero-order valence-corrected chi connectivity index (χ0v) is 20.8. The van der Waals surface area contributed by atoms with Crippen LogP contribution >= 0.6 is 0 Å². The molecule has 10 nitrogen and oxygen atoms in total. The van der Waals surface area contributed by atoms with E-state index in [0.29, 0.717) is 49.9 Å². The summed E-state index contributed by atoms with van der Waals surface area (Å²) in [7, 11) is 0. The van der Waals surface area contributed by atoms with Crippen molar-refractivity contribution >= 4 is 23.8 Å². The number of rotatable bonds is 5. The largest absolute Gasteiger partial charge is 0.338 e. The van der Waals surface area contributed by atoms with Crippen molar-refractivity contribution < 1.29 is 14.4 Å². The van der Waals surface area contributed by atoms with Crippen LogP contribution < -0.4 is 15.5 Å². The molecular weight excluding hydrogens is 434 g/mol. The molecule has 0 radical (unpaired) electrons. The summed E-state index contributed by atoms with van der Waals surface area (Å²) in [5.74, 6) is 2.30. The van der Waals surface area contributed by atoms with Gasteiger partial charge in [-0.2, -0.15) is 0 Å². The van der Waals surface area contributed by atoms with E-state index in [1.54, 1.807) is 23.4 Å². The highest BCUT2D eigenvalue weighted by molar-refractivity contribution is 5.90. The second-order valence-corrected chi connectivity index (χ2v) is 10.9. The number of piperidine rings is 1. The molecule has 2 aliphatic heterocycles. The van der Waals surface area contributed by atoms with E-state index in [9.17, 15) is 14.4 Å². The van der Waals surface area contributed by atoms with E-state index in [1.165, 1.54) is 0 Å². The molecule has 1 aromatic heterocycles. The second-order valence-electron chi connectivity index (χ2n) is 10.9. The van der Waals surface area contributed by atoms with Crippen LogP contribution in [-0.2, 0) is 9.59 Å². The van der Waals surface area contributed by atoms with Gasteiger partial charge in [0.25, 0.3) is 0 Å². The van der Waals surface area contributed by atoms with Gasteiger partial charge in [0, 0.05) is 51.2 Å². The van der Waals surface area contributed by atoms with Crippen molar-refractivity contribution in [3.8, 4) is 0 Å². The molecular formula is C24H37N7O3. The average Bonchev–Trinajstić information content (AvgIpc) is 3.31. The lowest BCUT2D eigenvalue weighted by molar-refractivity contribution is -0.137. The number of carbonyl (C=O) groups excluding carboxylic acids is 3. The summed E-state index contributed by atoms with van der Waals surface area (Å²) in [6.07, 6.45) is 3.40. The van der Waals surface area contributed by atoms with Crippen molar-refractivity contribution in [1.82, 2.24) is 30.4 Å². The fourth-order valence-corrected chi connectivity index (χ4v) is 5.43. The number of carbonyl (C=O) groups is 3. The number of hydrogen-bond acceptors (Lipinski definition) is 6. The number of urea groups is 1. The van der Waals surface area contributed by atoms with E-state index in [4.69, 9.17) is 0 Å². The van der Waals surface area contributed by atoms with Crippen molar-refractivity contribution in [2.45, 2.75) is 46.7 Å². The van der Waals surface area contributed by atoms with Crippen LogP contribution in [0.4, 0.5) is 10.7 Å². The highest BCUT2D eigenvalue weighted by atomic mass is 16.2. The van der Waals surface area contributed by atoms with Gasteiger partial charge in [-0.05, 0) is 36.2 Å². The third-order valence-corrected chi connectivity index (χ3v) is 7.63. The molecule has 4 rings (SSSR count). The first-order valence-corrected chi connectivity index (χ1v) is 12.2. The third-order valence-electron chi connectivity index (χ3n) is 7.63. The van der Waals surface area contributed by atoms with Crippen molar-refractivity contribution in [3.63, 3.8) is 0 Å². The van der Waals surface area contributed by atoms with Gasteiger partial charge >= 0.3 is 6.03 Å². The molecule has 1 aromatic rings. The zero-order chi connectivity index (χ0) is 24.6. The van der Waals surface area contributed by atoms with Crippen LogP contribution in [0.1, 0.15) is 34.6 Å².